The van der Waals surface area contributed by atoms with Gasteiger partial charge >= 0.3 is 0 Å². The molecule has 0 unspecified atom stereocenters. The van der Waals surface area contributed by atoms with E-state index in [-0.39, 0.29) is 5.75 Å². The van der Waals surface area contributed by atoms with Gasteiger partial charge in [-0.1, -0.05) is 74.5 Å². The maximum atomic E-state index is 11.2. The van der Waals surface area contributed by atoms with Crippen molar-refractivity contribution in [2.45, 2.75) is 19.8 Å². The molecule has 0 radical (unpaired) electrons. The maximum Gasteiger partial charge on any atom is 0.133 e. The normalized spacial score (nSPS) is 11.7. The summed E-state index contributed by atoms with van der Waals surface area (Å²) in [6, 6.07) is 24.1. The van der Waals surface area contributed by atoms with Crippen LogP contribution in [0.5, 0.6) is 5.75 Å². The second kappa shape index (κ2) is 6.31. The molecule has 5 rings (SSSR count). The Kier molecular flexibility index (Phi) is 3.76. The molecular weight excluding hydrogens is 344 g/mol. The molecule has 0 fully saturated rings. The van der Waals surface area contributed by atoms with Crippen molar-refractivity contribution in [3.63, 3.8) is 0 Å². The molecule has 0 saturated heterocycles. The van der Waals surface area contributed by atoms with Crippen molar-refractivity contribution in [3.05, 3.63) is 78.4 Å². The van der Waals surface area contributed by atoms with Crippen LogP contribution in [0.4, 0.5) is 0 Å². The van der Waals surface area contributed by atoms with E-state index >= 15 is 0 Å². The molecule has 4 aromatic carbocycles. The van der Waals surface area contributed by atoms with E-state index < -0.39 is 0 Å². The average Bonchev–Trinajstić information content (AvgIpc) is 2.73. The zero-order chi connectivity index (χ0) is 19.3. The van der Waals surface area contributed by atoms with Crippen LogP contribution >= 0.6 is 0 Å². The summed E-state index contributed by atoms with van der Waals surface area (Å²) in [6.45, 7) is 4.35. The number of fused-ring (bicyclic) bond motifs is 4. The topological polar surface area (TPSA) is 46.0 Å². The van der Waals surface area contributed by atoms with Gasteiger partial charge in [0.25, 0.3) is 0 Å². The lowest BCUT2D eigenvalue weighted by Crippen LogP contribution is -1.94. The molecule has 0 spiro atoms. The Labute approximate surface area is 163 Å². The molecule has 0 saturated carbocycles. The first-order valence-electron chi connectivity index (χ1n) is 9.54. The fraction of sp³-hybridized carbons (Fsp3) is 0.120. The Morgan fingerprint density at radius 2 is 1.25 bits per heavy atom. The highest BCUT2D eigenvalue weighted by molar-refractivity contribution is 6.15. The lowest BCUT2D eigenvalue weighted by Gasteiger charge is -2.14. The Bertz CT molecular complexity index is 1340. The van der Waals surface area contributed by atoms with E-state index in [0.717, 1.165) is 44.0 Å². The van der Waals surface area contributed by atoms with Crippen LogP contribution in [0.2, 0.25) is 0 Å². The van der Waals surface area contributed by atoms with Crippen LogP contribution in [0.15, 0.2) is 72.8 Å². The molecule has 1 N–H and O–H groups in total. The summed E-state index contributed by atoms with van der Waals surface area (Å²) in [5.41, 5.74) is 6.17. The monoisotopic (exact) mass is 364 g/mol. The van der Waals surface area contributed by atoms with Crippen molar-refractivity contribution < 1.29 is 5.11 Å². The number of para-hydroxylation sites is 2. The van der Waals surface area contributed by atoms with E-state index in [2.05, 4.69) is 38.1 Å². The highest BCUT2D eigenvalue weighted by atomic mass is 16.3. The highest BCUT2D eigenvalue weighted by Crippen LogP contribution is 2.42. The van der Waals surface area contributed by atoms with Crippen molar-refractivity contribution in [1.82, 2.24) is 9.97 Å². The fourth-order valence-corrected chi connectivity index (χ4v) is 3.81. The third kappa shape index (κ3) is 2.51. The first kappa shape index (κ1) is 16.7. The predicted octanol–water partition coefficient (Wildman–Crippen LogP) is 6.43. The van der Waals surface area contributed by atoms with Crippen molar-refractivity contribution in [2.75, 3.05) is 0 Å². The van der Waals surface area contributed by atoms with Crippen LogP contribution in [-0.4, -0.2) is 15.1 Å². The third-order valence-corrected chi connectivity index (χ3v) is 5.35. The van der Waals surface area contributed by atoms with Gasteiger partial charge in [0.15, 0.2) is 0 Å². The van der Waals surface area contributed by atoms with Crippen LogP contribution in [0.1, 0.15) is 25.3 Å². The van der Waals surface area contributed by atoms with Gasteiger partial charge in [-0.2, -0.15) is 0 Å². The molecule has 1 aromatic heterocycles. The molecule has 28 heavy (non-hydrogen) atoms. The highest BCUT2D eigenvalue weighted by Gasteiger charge is 2.18. The average molecular weight is 364 g/mol. The summed E-state index contributed by atoms with van der Waals surface area (Å²) in [7, 11) is 0. The number of hydrogen-bond acceptors (Lipinski definition) is 3. The molecule has 0 atom stereocenters. The molecule has 0 bridgehead atoms. The van der Waals surface area contributed by atoms with E-state index in [0.29, 0.717) is 5.92 Å². The largest absolute Gasteiger partial charge is 0.507 e. The van der Waals surface area contributed by atoms with Crippen LogP contribution in [-0.2, 0) is 0 Å². The smallest absolute Gasteiger partial charge is 0.133 e. The van der Waals surface area contributed by atoms with Crippen molar-refractivity contribution in [3.8, 4) is 16.9 Å². The number of hydrogen-bond donors (Lipinski definition) is 1. The lowest BCUT2D eigenvalue weighted by atomic mass is 9.94. The fourth-order valence-electron chi connectivity index (χ4n) is 3.81. The Morgan fingerprint density at radius 3 is 1.89 bits per heavy atom. The molecule has 5 aromatic rings. The molecule has 136 valence electrons. The molecule has 3 heteroatoms. The minimum Gasteiger partial charge on any atom is -0.507 e. The van der Waals surface area contributed by atoms with Gasteiger partial charge in [-0.3, -0.25) is 0 Å². The third-order valence-electron chi connectivity index (χ3n) is 5.35. The van der Waals surface area contributed by atoms with Crippen molar-refractivity contribution in [2.24, 2.45) is 0 Å². The van der Waals surface area contributed by atoms with Crippen LogP contribution < -0.4 is 0 Å². The summed E-state index contributed by atoms with van der Waals surface area (Å²) in [4.78, 5) is 9.81. The Balaban J connectivity index is 1.93. The van der Waals surface area contributed by atoms with Gasteiger partial charge in [-0.05, 0) is 29.2 Å². The second-order valence-electron chi connectivity index (χ2n) is 7.46. The summed E-state index contributed by atoms with van der Waals surface area (Å²) < 4.78 is 0. The summed E-state index contributed by atoms with van der Waals surface area (Å²) in [6.07, 6.45) is 0. The minimum atomic E-state index is 0.255. The van der Waals surface area contributed by atoms with E-state index in [9.17, 15) is 5.11 Å². The van der Waals surface area contributed by atoms with Gasteiger partial charge in [0, 0.05) is 10.8 Å². The predicted molar refractivity (Wildman–Crippen MR) is 116 cm³/mol. The molecule has 3 nitrogen and oxygen atoms in total. The van der Waals surface area contributed by atoms with E-state index in [1.807, 2.05) is 48.5 Å². The summed E-state index contributed by atoms with van der Waals surface area (Å²) in [5.74, 6) is 0.713. The minimum absolute atomic E-state index is 0.255. The number of phenols is 1. The summed E-state index contributed by atoms with van der Waals surface area (Å²) in [5, 5.41) is 12.9. The second-order valence-corrected chi connectivity index (χ2v) is 7.46. The number of nitrogens with zero attached hydrogens (tertiary/aromatic N) is 2. The number of benzene rings is 4. The van der Waals surface area contributed by atoms with Gasteiger partial charge in [0.05, 0.1) is 22.1 Å². The van der Waals surface area contributed by atoms with Gasteiger partial charge < -0.3 is 5.11 Å². The number of phenolic OH excluding ortho intramolecular Hbond substituents is 1. The van der Waals surface area contributed by atoms with E-state index in [1.54, 1.807) is 0 Å². The van der Waals surface area contributed by atoms with Crippen LogP contribution in [0, 0.1) is 0 Å². The zero-order valence-electron chi connectivity index (χ0n) is 15.8. The Morgan fingerprint density at radius 1 is 0.679 bits per heavy atom. The first-order valence-corrected chi connectivity index (χ1v) is 9.54. The van der Waals surface area contributed by atoms with Crippen molar-refractivity contribution >= 4 is 32.8 Å². The standard InChI is InChI=1S/C25H20N2O/c1-15(2)16-11-13-17(14-12-16)22-24-23(18-7-3-4-8-19(18)25(22)28)26-20-9-5-6-10-21(20)27-24/h3-15,28H,1-2H3. The van der Waals surface area contributed by atoms with Crippen LogP contribution in [0.25, 0.3) is 44.0 Å². The quantitative estimate of drug-likeness (QED) is 0.290. The van der Waals surface area contributed by atoms with Gasteiger partial charge in [-0.15, -0.1) is 0 Å². The van der Waals surface area contributed by atoms with Crippen LogP contribution in [0.3, 0.4) is 0 Å². The number of aromatic hydroxyl groups is 1. The van der Waals surface area contributed by atoms with Gasteiger partial charge in [0.2, 0.25) is 0 Å². The molecule has 0 aliphatic heterocycles. The van der Waals surface area contributed by atoms with Crippen molar-refractivity contribution in [1.29, 1.82) is 0 Å². The lowest BCUT2D eigenvalue weighted by molar-refractivity contribution is 0.484. The zero-order valence-corrected chi connectivity index (χ0v) is 15.8. The first-order chi connectivity index (χ1) is 13.6. The molecular formula is C25H20N2O. The van der Waals surface area contributed by atoms with E-state index in [4.69, 9.17) is 9.97 Å². The summed E-state index contributed by atoms with van der Waals surface area (Å²) >= 11 is 0. The molecule has 0 amide bonds. The number of aromatic nitrogens is 2. The maximum absolute atomic E-state index is 11.2. The molecule has 0 aliphatic rings. The van der Waals surface area contributed by atoms with E-state index in [1.165, 1.54) is 5.56 Å². The number of rotatable bonds is 2. The molecule has 1 heterocycles. The Hall–Kier alpha value is -3.46. The van der Waals surface area contributed by atoms with Gasteiger partial charge in [-0.25, -0.2) is 9.97 Å². The SMILES string of the molecule is CC(C)c1ccc(-c2c(O)c3ccccc3c3nc4ccccc4nc23)cc1. The van der Waals surface area contributed by atoms with Gasteiger partial charge in [0.1, 0.15) is 11.3 Å². The molecule has 0 aliphatic carbocycles.